The van der Waals surface area contributed by atoms with Crippen LogP contribution in [-0.2, 0) is 23.9 Å². The number of hydrogen-bond donors (Lipinski definition) is 0. The zero-order valence-corrected chi connectivity index (χ0v) is 24.7. The molecule has 4 rings (SSSR count). The van der Waals surface area contributed by atoms with E-state index in [-0.39, 0.29) is 35.8 Å². The van der Waals surface area contributed by atoms with Crippen LogP contribution in [0.15, 0.2) is 65.4 Å². The highest BCUT2D eigenvalue weighted by Gasteiger charge is 2.47. The monoisotopic (exact) mass is 638 g/mol. The summed E-state index contributed by atoms with van der Waals surface area (Å²) in [7, 11) is 0. The predicted molar refractivity (Wildman–Crippen MR) is 152 cm³/mol. The number of nitrogens with zero attached hydrogens (tertiary/aromatic N) is 4. The first-order chi connectivity index (χ1) is 19.0. The Bertz CT molecular complexity index is 1290. The van der Waals surface area contributed by atoms with Crippen molar-refractivity contribution in [3.8, 4) is 0 Å². The Balaban J connectivity index is 1.81. The van der Waals surface area contributed by atoms with Gasteiger partial charge >= 0.3 is 12.3 Å². The van der Waals surface area contributed by atoms with Gasteiger partial charge in [-0.25, -0.2) is 14.8 Å². The number of anilines is 1. The Morgan fingerprint density at radius 3 is 2.42 bits per heavy atom. The molecule has 0 bridgehead atoms. The summed E-state index contributed by atoms with van der Waals surface area (Å²) in [4.78, 5) is 26.1. The molecule has 11 heteroatoms. The lowest BCUT2D eigenvalue weighted by Crippen LogP contribution is -2.50. The molecule has 0 spiro atoms. The van der Waals surface area contributed by atoms with E-state index in [1.807, 2.05) is 42.2 Å². The fourth-order valence-corrected chi connectivity index (χ4v) is 5.70. The van der Waals surface area contributed by atoms with Crippen LogP contribution in [0, 0.1) is 0 Å². The molecule has 2 heterocycles. The quantitative estimate of drug-likeness (QED) is 0.251. The average molecular weight is 640 g/mol. The van der Waals surface area contributed by atoms with Gasteiger partial charge in [0.25, 0.3) is 0 Å². The molecule has 0 radical (unpaired) electrons. The SMILES string of the molecule is CCC1CC(N(Cc2cc(Cl)cc(C(F)(F)F)c2)c2ncc(Br)cn2)C(Cc2ccccc2)N1C(=O)OC(C)C. The van der Waals surface area contributed by atoms with Crippen LogP contribution in [0.25, 0.3) is 0 Å². The second-order valence-corrected chi connectivity index (χ2v) is 11.5. The standard InChI is InChI=1S/C29H31BrClF3N4O2/c1-4-24-14-25(26(12-19-8-6-5-7-9-19)38(24)28(39)40-18(2)3)37(27-35-15-22(30)16-36-27)17-20-10-21(29(32,33)34)13-23(31)11-20/h5-11,13,15-16,18,24-26H,4,12,14,17H2,1-3H3. The van der Waals surface area contributed by atoms with Crippen molar-refractivity contribution >= 4 is 39.6 Å². The van der Waals surface area contributed by atoms with E-state index in [1.54, 1.807) is 31.1 Å². The van der Waals surface area contributed by atoms with E-state index in [0.29, 0.717) is 35.2 Å². The third-order valence-electron chi connectivity index (χ3n) is 6.92. The minimum atomic E-state index is -4.55. The maximum atomic E-state index is 13.6. The number of rotatable bonds is 8. The number of hydrogen-bond acceptors (Lipinski definition) is 5. The van der Waals surface area contributed by atoms with Crippen molar-refractivity contribution in [1.82, 2.24) is 14.9 Å². The van der Waals surface area contributed by atoms with Crippen molar-refractivity contribution in [1.29, 1.82) is 0 Å². The topological polar surface area (TPSA) is 58.6 Å². The zero-order valence-electron chi connectivity index (χ0n) is 22.4. The van der Waals surface area contributed by atoms with Gasteiger partial charge in [-0.05, 0) is 78.4 Å². The Hall–Kier alpha value is -2.85. The molecule has 0 aliphatic carbocycles. The summed E-state index contributed by atoms with van der Waals surface area (Å²) >= 11 is 9.49. The van der Waals surface area contributed by atoms with Gasteiger partial charge in [0.1, 0.15) is 0 Å². The molecule has 1 aliphatic rings. The first-order valence-electron chi connectivity index (χ1n) is 13.1. The lowest BCUT2D eigenvalue weighted by Gasteiger charge is -2.36. The molecule has 2 aromatic carbocycles. The third kappa shape index (κ3) is 7.26. The summed E-state index contributed by atoms with van der Waals surface area (Å²) in [6, 6.07) is 12.5. The molecule has 0 saturated carbocycles. The number of carbonyl (C=O) groups excluding carboxylic acids is 1. The molecule has 3 atom stereocenters. The molecule has 0 N–H and O–H groups in total. The summed E-state index contributed by atoms with van der Waals surface area (Å²) in [6.07, 6.45) is -0.316. The largest absolute Gasteiger partial charge is 0.447 e. The van der Waals surface area contributed by atoms with Crippen LogP contribution in [0.5, 0.6) is 0 Å². The first kappa shape index (κ1) is 30.1. The molecule has 1 aliphatic heterocycles. The van der Waals surface area contributed by atoms with Crippen molar-refractivity contribution in [2.75, 3.05) is 4.90 Å². The normalized spacial score (nSPS) is 19.2. The van der Waals surface area contributed by atoms with Gasteiger partial charge in [0.05, 0.1) is 28.2 Å². The molecule has 1 saturated heterocycles. The van der Waals surface area contributed by atoms with Crippen LogP contribution in [0.3, 0.4) is 0 Å². The molecule has 3 aromatic rings. The van der Waals surface area contributed by atoms with Crippen LogP contribution in [-0.4, -0.2) is 45.2 Å². The number of alkyl halides is 3. The Kier molecular flexibility index (Phi) is 9.61. The van der Waals surface area contributed by atoms with Crippen molar-refractivity contribution in [3.63, 3.8) is 0 Å². The smallest absolute Gasteiger partial charge is 0.416 e. The molecule has 6 nitrogen and oxygen atoms in total. The van der Waals surface area contributed by atoms with Crippen LogP contribution < -0.4 is 4.90 Å². The second-order valence-electron chi connectivity index (χ2n) is 10.1. The Morgan fingerprint density at radius 2 is 1.82 bits per heavy atom. The minimum absolute atomic E-state index is 0.0117. The van der Waals surface area contributed by atoms with Crippen molar-refractivity contribution < 1.29 is 22.7 Å². The summed E-state index contributed by atoms with van der Waals surface area (Å²) in [5.41, 5.74) is 0.559. The van der Waals surface area contributed by atoms with Gasteiger partial charge in [0.15, 0.2) is 0 Å². The van der Waals surface area contributed by atoms with Gasteiger partial charge in [-0.3, -0.25) is 4.90 Å². The Labute approximate surface area is 245 Å². The fraction of sp³-hybridized carbons (Fsp3) is 0.414. The first-order valence-corrected chi connectivity index (χ1v) is 14.3. The molecule has 3 unspecified atom stereocenters. The molecular formula is C29H31BrClF3N4O2. The summed E-state index contributed by atoms with van der Waals surface area (Å²) < 4.78 is 47.2. The van der Waals surface area contributed by atoms with Crippen molar-refractivity contribution in [2.24, 2.45) is 0 Å². The molecule has 214 valence electrons. The summed E-state index contributed by atoms with van der Waals surface area (Å²) in [5.74, 6) is 0.341. The maximum absolute atomic E-state index is 13.6. The van der Waals surface area contributed by atoms with E-state index in [9.17, 15) is 18.0 Å². The van der Waals surface area contributed by atoms with Gasteiger partial charge in [0.2, 0.25) is 5.95 Å². The lowest BCUT2D eigenvalue weighted by molar-refractivity contribution is -0.137. The highest BCUT2D eigenvalue weighted by Crippen LogP contribution is 2.37. The number of amides is 1. The zero-order chi connectivity index (χ0) is 29.0. The van der Waals surface area contributed by atoms with E-state index in [1.165, 1.54) is 6.07 Å². The van der Waals surface area contributed by atoms with Gasteiger partial charge < -0.3 is 9.64 Å². The van der Waals surface area contributed by atoms with E-state index in [2.05, 4.69) is 25.9 Å². The van der Waals surface area contributed by atoms with Crippen LogP contribution in [0.2, 0.25) is 5.02 Å². The highest BCUT2D eigenvalue weighted by molar-refractivity contribution is 9.10. The summed E-state index contributed by atoms with van der Waals surface area (Å²) in [5, 5.41) is -0.0117. The minimum Gasteiger partial charge on any atom is -0.447 e. The van der Waals surface area contributed by atoms with Crippen LogP contribution >= 0.6 is 27.5 Å². The number of ether oxygens (including phenoxy) is 1. The van der Waals surface area contributed by atoms with Crippen LogP contribution in [0.1, 0.15) is 50.3 Å². The highest BCUT2D eigenvalue weighted by atomic mass is 79.9. The molecule has 1 aromatic heterocycles. The number of aromatic nitrogens is 2. The number of likely N-dealkylation sites (tertiary alicyclic amines) is 1. The Morgan fingerprint density at radius 1 is 1.15 bits per heavy atom. The number of benzene rings is 2. The summed E-state index contributed by atoms with van der Waals surface area (Å²) in [6.45, 7) is 5.68. The fourth-order valence-electron chi connectivity index (χ4n) is 5.23. The molecule has 1 amide bonds. The van der Waals surface area contributed by atoms with Gasteiger partial charge in [-0.15, -0.1) is 0 Å². The third-order valence-corrected chi connectivity index (χ3v) is 7.54. The molecular weight excluding hydrogens is 609 g/mol. The molecule has 40 heavy (non-hydrogen) atoms. The van der Waals surface area contributed by atoms with E-state index >= 15 is 0 Å². The molecule has 1 fully saturated rings. The van der Waals surface area contributed by atoms with E-state index < -0.39 is 17.8 Å². The van der Waals surface area contributed by atoms with Crippen molar-refractivity contribution in [2.45, 2.75) is 77.0 Å². The number of carbonyl (C=O) groups is 1. The van der Waals surface area contributed by atoms with Gasteiger partial charge in [-0.2, -0.15) is 13.2 Å². The van der Waals surface area contributed by atoms with Gasteiger partial charge in [0, 0.05) is 30.0 Å². The van der Waals surface area contributed by atoms with Crippen molar-refractivity contribution in [3.05, 3.63) is 87.1 Å². The number of halogens is 5. The lowest BCUT2D eigenvalue weighted by atomic mass is 9.97. The average Bonchev–Trinajstić information content (AvgIpc) is 3.25. The van der Waals surface area contributed by atoms with E-state index in [0.717, 1.165) is 17.7 Å². The maximum Gasteiger partial charge on any atom is 0.416 e. The second kappa shape index (κ2) is 12.8. The predicted octanol–water partition coefficient (Wildman–Crippen LogP) is 7.93. The van der Waals surface area contributed by atoms with Gasteiger partial charge in [-0.1, -0.05) is 48.9 Å². The van der Waals surface area contributed by atoms with Crippen LogP contribution in [0.4, 0.5) is 23.9 Å². The van der Waals surface area contributed by atoms with E-state index in [4.69, 9.17) is 16.3 Å².